The highest BCUT2D eigenvalue weighted by Gasteiger charge is 2.20. The van der Waals surface area contributed by atoms with Crippen LogP contribution in [0, 0.1) is 13.8 Å². The fourth-order valence-corrected chi connectivity index (χ4v) is 3.89. The number of aliphatic hydroxyl groups excluding tert-OH is 1. The molecule has 0 unspecified atom stereocenters. The summed E-state index contributed by atoms with van der Waals surface area (Å²) in [7, 11) is 0. The fraction of sp³-hybridized carbons (Fsp3) is 0.391. The Morgan fingerprint density at radius 2 is 1.97 bits per heavy atom. The summed E-state index contributed by atoms with van der Waals surface area (Å²) in [5, 5.41) is 11.4. The Morgan fingerprint density at radius 1 is 1.17 bits per heavy atom. The van der Waals surface area contributed by atoms with Crippen molar-refractivity contribution in [1.82, 2.24) is 9.88 Å². The van der Waals surface area contributed by atoms with Crippen LogP contribution >= 0.6 is 0 Å². The summed E-state index contributed by atoms with van der Waals surface area (Å²) in [5.41, 5.74) is 1.81. The van der Waals surface area contributed by atoms with Gasteiger partial charge in [0, 0.05) is 55.9 Å². The van der Waals surface area contributed by atoms with Crippen LogP contribution in [0.2, 0.25) is 0 Å². The summed E-state index contributed by atoms with van der Waals surface area (Å²) >= 11 is 0. The maximum atomic E-state index is 11.7. The number of aromatic nitrogens is 1. The number of β-amino-alcohol motifs (C(OH)–C–C–N with tert-alkyl or cyclic N) is 1. The maximum absolute atomic E-state index is 11.7. The van der Waals surface area contributed by atoms with Crippen molar-refractivity contribution in [1.29, 1.82) is 0 Å². The van der Waals surface area contributed by atoms with Crippen molar-refractivity contribution in [2.75, 3.05) is 44.2 Å². The van der Waals surface area contributed by atoms with Crippen LogP contribution in [-0.4, -0.2) is 60.4 Å². The van der Waals surface area contributed by atoms with Gasteiger partial charge in [-0.3, -0.25) is 4.90 Å². The number of aryl methyl sites for hydroxylation is 2. The minimum Gasteiger partial charge on any atom is -0.490 e. The predicted octanol–water partition coefficient (Wildman–Crippen LogP) is 2.37. The van der Waals surface area contributed by atoms with Crippen LogP contribution in [0.4, 0.5) is 5.82 Å². The Bertz CT molecular complexity index is 1060. The Balaban J connectivity index is 1.32. The van der Waals surface area contributed by atoms with E-state index in [4.69, 9.17) is 9.15 Å². The fourth-order valence-electron chi connectivity index (χ4n) is 3.89. The van der Waals surface area contributed by atoms with Gasteiger partial charge < -0.3 is 19.2 Å². The SMILES string of the molecule is Cc1cc(=O)oc2c(C)c(OC[C@H](O)CN3CCN(c4ccccn4)CC3)ccc12. The first-order valence-electron chi connectivity index (χ1n) is 10.2. The zero-order valence-electron chi connectivity index (χ0n) is 17.4. The first-order chi connectivity index (χ1) is 14.5. The summed E-state index contributed by atoms with van der Waals surface area (Å²) < 4.78 is 11.2. The molecule has 30 heavy (non-hydrogen) atoms. The molecule has 4 rings (SSSR count). The molecule has 1 aliphatic rings. The summed E-state index contributed by atoms with van der Waals surface area (Å²) in [6.45, 7) is 7.99. The molecule has 7 heteroatoms. The molecular weight excluding hydrogens is 382 g/mol. The topological polar surface area (TPSA) is 79.0 Å². The van der Waals surface area contributed by atoms with E-state index in [1.54, 1.807) is 0 Å². The van der Waals surface area contributed by atoms with Gasteiger partial charge in [-0.25, -0.2) is 9.78 Å². The number of pyridine rings is 1. The normalized spacial score (nSPS) is 16.0. The van der Waals surface area contributed by atoms with Gasteiger partial charge in [0.25, 0.3) is 0 Å². The summed E-state index contributed by atoms with van der Waals surface area (Å²) in [6, 6.07) is 11.2. The zero-order chi connectivity index (χ0) is 21.1. The van der Waals surface area contributed by atoms with Gasteiger partial charge in [0.05, 0.1) is 0 Å². The number of piperazine rings is 1. The van der Waals surface area contributed by atoms with Crippen LogP contribution < -0.4 is 15.3 Å². The maximum Gasteiger partial charge on any atom is 0.336 e. The van der Waals surface area contributed by atoms with E-state index in [-0.39, 0.29) is 12.2 Å². The van der Waals surface area contributed by atoms with Gasteiger partial charge in [-0.2, -0.15) is 0 Å². The van der Waals surface area contributed by atoms with Crippen LogP contribution in [-0.2, 0) is 0 Å². The molecule has 158 valence electrons. The van der Waals surface area contributed by atoms with Crippen LogP contribution in [0.5, 0.6) is 5.75 Å². The number of fused-ring (bicyclic) bond motifs is 1. The van der Waals surface area contributed by atoms with E-state index < -0.39 is 6.10 Å². The van der Waals surface area contributed by atoms with Crippen LogP contribution in [0.25, 0.3) is 11.0 Å². The van der Waals surface area contributed by atoms with Crippen molar-refractivity contribution >= 4 is 16.8 Å². The van der Waals surface area contributed by atoms with Crippen molar-refractivity contribution in [3.63, 3.8) is 0 Å². The quantitative estimate of drug-likeness (QED) is 0.626. The Morgan fingerprint density at radius 3 is 2.70 bits per heavy atom. The third-order valence-corrected chi connectivity index (χ3v) is 5.56. The molecule has 1 atom stereocenters. The largest absolute Gasteiger partial charge is 0.490 e. The highest BCUT2D eigenvalue weighted by Crippen LogP contribution is 2.28. The van der Waals surface area contributed by atoms with Crippen molar-refractivity contribution in [2.45, 2.75) is 20.0 Å². The molecule has 3 aromatic rings. The highest BCUT2D eigenvalue weighted by molar-refractivity contribution is 5.84. The van der Waals surface area contributed by atoms with E-state index in [2.05, 4.69) is 14.8 Å². The smallest absolute Gasteiger partial charge is 0.336 e. The number of ether oxygens (including phenoxy) is 1. The molecule has 1 aromatic carbocycles. The number of nitrogens with zero attached hydrogens (tertiary/aromatic N) is 3. The summed E-state index contributed by atoms with van der Waals surface area (Å²) in [5.74, 6) is 1.62. The zero-order valence-corrected chi connectivity index (χ0v) is 17.4. The Kier molecular flexibility index (Phi) is 6.01. The molecule has 0 bridgehead atoms. The molecule has 1 saturated heterocycles. The van der Waals surface area contributed by atoms with Crippen molar-refractivity contribution in [3.05, 3.63) is 64.1 Å². The predicted molar refractivity (Wildman–Crippen MR) is 116 cm³/mol. The third kappa shape index (κ3) is 4.47. The minimum atomic E-state index is -0.606. The van der Waals surface area contributed by atoms with Crippen molar-refractivity contribution in [2.24, 2.45) is 0 Å². The van der Waals surface area contributed by atoms with E-state index in [0.717, 1.165) is 48.5 Å². The number of anilines is 1. The van der Waals surface area contributed by atoms with Crippen molar-refractivity contribution in [3.8, 4) is 5.75 Å². The van der Waals surface area contributed by atoms with Gasteiger partial charge in [-0.1, -0.05) is 6.07 Å². The summed E-state index contributed by atoms with van der Waals surface area (Å²) in [6.07, 6.45) is 1.20. The average molecular weight is 409 g/mol. The van der Waals surface area contributed by atoms with Crippen LogP contribution in [0.3, 0.4) is 0 Å². The lowest BCUT2D eigenvalue weighted by Crippen LogP contribution is -2.49. The van der Waals surface area contributed by atoms with Gasteiger partial charge in [0.1, 0.15) is 29.9 Å². The minimum absolute atomic E-state index is 0.183. The Labute approximate surface area is 175 Å². The molecule has 1 fully saturated rings. The lowest BCUT2D eigenvalue weighted by Gasteiger charge is -2.36. The number of hydrogen-bond donors (Lipinski definition) is 1. The second-order valence-corrected chi connectivity index (χ2v) is 7.75. The van der Waals surface area contributed by atoms with E-state index in [9.17, 15) is 9.90 Å². The number of hydrogen-bond acceptors (Lipinski definition) is 7. The molecular formula is C23H27N3O4. The molecule has 0 aliphatic carbocycles. The van der Waals surface area contributed by atoms with E-state index in [1.165, 1.54) is 6.07 Å². The molecule has 0 saturated carbocycles. The standard InChI is InChI=1S/C23H27N3O4/c1-16-13-22(28)30-23-17(2)20(7-6-19(16)23)29-15-18(27)14-25-9-11-26(12-10-25)21-5-3-4-8-24-21/h3-8,13,18,27H,9-12,14-15H2,1-2H3/t18-/m1/s1. The van der Waals surface area contributed by atoms with E-state index >= 15 is 0 Å². The molecule has 0 radical (unpaired) electrons. The van der Waals surface area contributed by atoms with E-state index in [1.807, 2.05) is 50.4 Å². The van der Waals surface area contributed by atoms with Crippen LogP contribution in [0.1, 0.15) is 11.1 Å². The van der Waals surface area contributed by atoms with Gasteiger partial charge in [-0.15, -0.1) is 0 Å². The first-order valence-corrected chi connectivity index (χ1v) is 10.2. The number of benzene rings is 1. The first kappa shape index (κ1) is 20.4. The molecule has 2 aromatic heterocycles. The Hall–Kier alpha value is -2.90. The molecule has 0 spiro atoms. The average Bonchev–Trinajstić information content (AvgIpc) is 2.75. The number of rotatable bonds is 6. The molecule has 7 nitrogen and oxygen atoms in total. The van der Waals surface area contributed by atoms with Crippen molar-refractivity contribution < 1.29 is 14.3 Å². The lowest BCUT2D eigenvalue weighted by molar-refractivity contribution is 0.0660. The highest BCUT2D eigenvalue weighted by atomic mass is 16.5. The second-order valence-electron chi connectivity index (χ2n) is 7.75. The summed E-state index contributed by atoms with van der Waals surface area (Å²) in [4.78, 5) is 20.6. The molecule has 1 N–H and O–H groups in total. The van der Waals surface area contributed by atoms with Gasteiger partial charge >= 0.3 is 5.63 Å². The molecule has 1 aliphatic heterocycles. The van der Waals surface area contributed by atoms with Gasteiger partial charge in [0.2, 0.25) is 0 Å². The molecule has 0 amide bonds. The van der Waals surface area contributed by atoms with Gasteiger partial charge in [0.15, 0.2) is 0 Å². The lowest BCUT2D eigenvalue weighted by atomic mass is 10.1. The number of aliphatic hydroxyl groups is 1. The third-order valence-electron chi connectivity index (χ3n) is 5.56. The molecule has 3 heterocycles. The van der Waals surface area contributed by atoms with Crippen LogP contribution in [0.15, 0.2) is 51.8 Å². The van der Waals surface area contributed by atoms with Gasteiger partial charge in [-0.05, 0) is 43.7 Å². The van der Waals surface area contributed by atoms with E-state index in [0.29, 0.717) is 17.9 Å². The monoisotopic (exact) mass is 409 g/mol. The second kappa shape index (κ2) is 8.85.